The first kappa shape index (κ1) is 15.9. The van der Waals surface area contributed by atoms with Crippen molar-refractivity contribution in [2.75, 3.05) is 22.9 Å². The maximum atomic E-state index is 13.4. The van der Waals surface area contributed by atoms with Crippen molar-refractivity contribution in [3.8, 4) is 11.5 Å². The number of nitrogens with zero attached hydrogens (tertiary/aromatic N) is 5. The fourth-order valence-electron chi connectivity index (χ4n) is 3.44. The van der Waals surface area contributed by atoms with Gasteiger partial charge in [-0.25, -0.2) is 14.4 Å². The van der Waals surface area contributed by atoms with Crippen LogP contribution < -0.4 is 9.80 Å². The first-order valence-electron chi connectivity index (χ1n) is 8.76. The Morgan fingerprint density at radius 2 is 2.15 bits per heavy atom. The van der Waals surface area contributed by atoms with E-state index in [1.807, 2.05) is 23.1 Å². The first-order valence-corrected chi connectivity index (χ1v) is 8.76. The Labute approximate surface area is 154 Å². The molecular formula is C19H16FN5O2. The van der Waals surface area contributed by atoms with Gasteiger partial charge in [0.2, 0.25) is 11.7 Å². The molecule has 2 aliphatic heterocycles. The van der Waals surface area contributed by atoms with Crippen LogP contribution in [0.5, 0.6) is 0 Å². The van der Waals surface area contributed by atoms with Crippen molar-refractivity contribution >= 4 is 17.4 Å². The van der Waals surface area contributed by atoms with Gasteiger partial charge in [0.25, 0.3) is 5.91 Å². The fourth-order valence-corrected chi connectivity index (χ4v) is 3.44. The minimum atomic E-state index is -0.796. The van der Waals surface area contributed by atoms with Gasteiger partial charge < -0.3 is 9.32 Å². The maximum Gasteiger partial charge on any atom is 0.296 e. The number of pyridine rings is 2. The second-order valence-electron chi connectivity index (χ2n) is 6.63. The summed E-state index contributed by atoms with van der Waals surface area (Å²) in [6.07, 6.45) is 4.67. The Kier molecular flexibility index (Phi) is 3.63. The van der Waals surface area contributed by atoms with Crippen LogP contribution in [0.15, 0.2) is 47.3 Å². The van der Waals surface area contributed by atoms with Crippen molar-refractivity contribution in [3.05, 3.63) is 54.3 Å². The van der Waals surface area contributed by atoms with Crippen molar-refractivity contribution < 1.29 is 13.6 Å². The molecule has 0 aromatic carbocycles. The van der Waals surface area contributed by atoms with Gasteiger partial charge in [-0.1, -0.05) is 0 Å². The van der Waals surface area contributed by atoms with E-state index in [2.05, 4.69) is 15.0 Å². The lowest BCUT2D eigenvalue weighted by Gasteiger charge is -2.16. The second-order valence-corrected chi connectivity index (χ2v) is 6.63. The standard InChI is InChI=1S/C19H16FN5O2/c20-13-5-7-24(10-13)16-4-3-12(8-22-16)18-23-15-11-25(19(26)17(15)27-18)14-2-1-6-21-9-14/h1-4,6,8-9,13H,5,7,10-11H2. The Morgan fingerprint density at radius 1 is 1.22 bits per heavy atom. The van der Waals surface area contributed by atoms with E-state index >= 15 is 0 Å². The molecule has 3 aromatic rings. The zero-order valence-electron chi connectivity index (χ0n) is 14.4. The van der Waals surface area contributed by atoms with Crippen LogP contribution in [0, 0.1) is 0 Å². The molecule has 0 radical (unpaired) electrons. The van der Waals surface area contributed by atoms with Gasteiger partial charge in [0, 0.05) is 18.9 Å². The van der Waals surface area contributed by atoms with E-state index in [-0.39, 0.29) is 11.7 Å². The largest absolute Gasteiger partial charge is 0.430 e. The maximum absolute atomic E-state index is 13.4. The lowest BCUT2D eigenvalue weighted by atomic mass is 10.3. The third-order valence-corrected chi connectivity index (χ3v) is 4.85. The Morgan fingerprint density at radius 3 is 2.81 bits per heavy atom. The molecule has 0 aliphatic carbocycles. The number of anilines is 2. The average Bonchev–Trinajstić information content (AvgIpc) is 3.39. The smallest absolute Gasteiger partial charge is 0.296 e. The Bertz CT molecular complexity index is 989. The van der Waals surface area contributed by atoms with Gasteiger partial charge in [-0.3, -0.25) is 14.7 Å². The van der Waals surface area contributed by atoms with Crippen molar-refractivity contribution in [3.63, 3.8) is 0 Å². The summed E-state index contributed by atoms with van der Waals surface area (Å²) in [6.45, 7) is 1.39. The van der Waals surface area contributed by atoms with E-state index in [1.54, 1.807) is 29.6 Å². The number of oxazole rings is 1. The summed E-state index contributed by atoms with van der Waals surface area (Å²) < 4.78 is 19.1. The van der Waals surface area contributed by atoms with Crippen LogP contribution in [-0.4, -0.2) is 40.1 Å². The highest BCUT2D eigenvalue weighted by Gasteiger charge is 2.35. The summed E-state index contributed by atoms with van der Waals surface area (Å²) in [4.78, 5) is 29.0. The van der Waals surface area contributed by atoms with Gasteiger partial charge in [-0.15, -0.1) is 0 Å². The highest BCUT2D eigenvalue weighted by Crippen LogP contribution is 2.31. The molecule has 0 saturated carbocycles. The van der Waals surface area contributed by atoms with Crippen molar-refractivity contribution in [1.29, 1.82) is 0 Å². The van der Waals surface area contributed by atoms with E-state index in [0.29, 0.717) is 48.9 Å². The number of aromatic nitrogens is 3. The number of carbonyl (C=O) groups is 1. The fraction of sp³-hybridized carbons (Fsp3) is 0.263. The molecule has 1 saturated heterocycles. The number of hydrogen-bond acceptors (Lipinski definition) is 6. The van der Waals surface area contributed by atoms with E-state index in [9.17, 15) is 9.18 Å². The van der Waals surface area contributed by atoms with Crippen LogP contribution in [0.3, 0.4) is 0 Å². The lowest BCUT2D eigenvalue weighted by Crippen LogP contribution is -2.23. The molecule has 0 N–H and O–H groups in total. The Balaban J connectivity index is 1.37. The summed E-state index contributed by atoms with van der Waals surface area (Å²) >= 11 is 0. The molecule has 1 unspecified atom stereocenters. The van der Waals surface area contributed by atoms with Crippen LogP contribution in [0.1, 0.15) is 22.7 Å². The zero-order chi connectivity index (χ0) is 18.4. The minimum Gasteiger partial charge on any atom is -0.430 e. The molecule has 7 nitrogen and oxygen atoms in total. The molecule has 0 bridgehead atoms. The van der Waals surface area contributed by atoms with Gasteiger partial charge in [-0.05, 0) is 30.7 Å². The molecule has 2 aliphatic rings. The molecule has 1 fully saturated rings. The number of fused-ring (bicyclic) bond motifs is 1. The molecule has 1 amide bonds. The SMILES string of the molecule is O=C1c2oc(-c3ccc(N4CCC(F)C4)nc3)nc2CN1c1cccnc1. The highest BCUT2D eigenvalue weighted by molar-refractivity contribution is 6.07. The van der Waals surface area contributed by atoms with Gasteiger partial charge in [0.1, 0.15) is 17.7 Å². The molecule has 1 atom stereocenters. The molecule has 5 heterocycles. The van der Waals surface area contributed by atoms with E-state index in [0.717, 1.165) is 5.82 Å². The predicted molar refractivity (Wildman–Crippen MR) is 96.2 cm³/mol. The summed E-state index contributed by atoms with van der Waals surface area (Å²) in [5.41, 5.74) is 1.99. The van der Waals surface area contributed by atoms with E-state index in [4.69, 9.17) is 4.42 Å². The normalized spacial score (nSPS) is 19.0. The van der Waals surface area contributed by atoms with E-state index < -0.39 is 6.17 Å². The molecular weight excluding hydrogens is 349 g/mol. The number of halogens is 1. The van der Waals surface area contributed by atoms with Crippen LogP contribution in [-0.2, 0) is 6.54 Å². The third-order valence-electron chi connectivity index (χ3n) is 4.85. The Hall–Kier alpha value is -3.29. The number of rotatable bonds is 3. The summed E-state index contributed by atoms with van der Waals surface area (Å²) in [6, 6.07) is 7.26. The molecule has 3 aromatic heterocycles. The number of hydrogen-bond donors (Lipinski definition) is 0. The second kappa shape index (κ2) is 6.15. The summed E-state index contributed by atoms with van der Waals surface area (Å²) in [7, 11) is 0. The summed E-state index contributed by atoms with van der Waals surface area (Å²) in [5, 5.41) is 0. The van der Waals surface area contributed by atoms with Crippen LogP contribution >= 0.6 is 0 Å². The quantitative estimate of drug-likeness (QED) is 0.710. The topological polar surface area (TPSA) is 75.4 Å². The zero-order valence-corrected chi connectivity index (χ0v) is 14.4. The lowest BCUT2D eigenvalue weighted by molar-refractivity contribution is 0.0972. The van der Waals surface area contributed by atoms with Crippen LogP contribution in [0.4, 0.5) is 15.9 Å². The third kappa shape index (κ3) is 2.73. The predicted octanol–water partition coefficient (Wildman–Crippen LogP) is 2.84. The van der Waals surface area contributed by atoms with Crippen LogP contribution in [0.2, 0.25) is 0 Å². The van der Waals surface area contributed by atoms with E-state index in [1.165, 1.54) is 0 Å². The van der Waals surface area contributed by atoms with Crippen LogP contribution in [0.25, 0.3) is 11.5 Å². The highest BCUT2D eigenvalue weighted by atomic mass is 19.1. The van der Waals surface area contributed by atoms with Gasteiger partial charge in [0.15, 0.2) is 0 Å². The minimum absolute atomic E-state index is 0.229. The monoisotopic (exact) mass is 365 g/mol. The first-order chi connectivity index (χ1) is 13.2. The summed E-state index contributed by atoms with van der Waals surface area (Å²) in [5.74, 6) is 1.12. The average molecular weight is 365 g/mol. The van der Waals surface area contributed by atoms with Crippen molar-refractivity contribution in [1.82, 2.24) is 15.0 Å². The van der Waals surface area contributed by atoms with Crippen molar-refractivity contribution in [2.24, 2.45) is 0 Å². The van der Waals surface area contributed by atoms with Gasteiger partial charge >= 0.3 is 0 Å². The number of carbonyl (C=O) groups excluding carboxylic acids is 1. The molecule has 8 heteroatoms. The molecule has 27 heavy (non-hydrogen) atoms. The number of alkyl halides is 1. The van der Waals surface area contributed by atoms with Crippen molar-refractivity contribution in [2.45, 2.75) is 19.1 Å². The molecule has 0 spiro atoms. The van der Waals surface area contributed by atoms with Gasteiger partial charge in [0.05, 0.1) is 30.5 Å². The number of amides is 1. The molecule has 5 rings (SSSR count). The van der Waals surface area contributed by atoms with Gasteiger partial charge in [-0.2, -0.15) is 0 Å². The molecule has 136 valence electrons.